The van der Waals surface area contributed by atoms with E-state index in [4.69, 9.17) is 5.73 Å². The van der Waals surface area contributed by atoms with E-state index in [0.717, 1.165) is 6.42 Å². The Morgan fingerprint density at radius 1 is 1.50 bits per heavy atom. The minimum Gasteiger partial charge on any atom is -0.387 e. The van der Waals surface area contributed by atoms with E-state index in [9.17, 15) is 13.5 Å². The fraction of sp³-hybridized carbons (Fsp3) is 0.545. The van der Waals surface area contributed by atoms with Gasteiger partial charge in [0, 0.05) is 19.3 Å². The molecule has 0 aromatic carbocycles. The van der Waals surface area contributed by atoms with E-state index >= 15 is 0 Å². The molecule has 3 N–H and O–H groups in total. The minimum absolute atomic E-state index is 0.107. The maximum absolute atomic E-state index is 12.2. The van der Waals surface area contributed by atoms with E-state index in [0.29, 0.717) is 6.42 Å². The number of nitrogen functional groups attached to an aromatic ring is 1. The Balaban J connectivity index is 2.13. The first-order valence-corrected chi connectivity index (χ1v) is 7.25. The number of nitrogens with zero attached hydrogens (tertiary/aromatic N) is 2. The highest BCUT2D eigenvalue weighted by molar-refractivity contribution is 7.89. The molecule has 1 aliphatic heterocycles. The van der Waals surface area contributed by atoms with Crippen molar-refractivity contribution in [2.75, 3.05) is 18.8 Å². The molecular formula is C11H17N3O3S. The third-order valence-corrected chi connectivity index (χ3v) is 4.83. The lowest BCUT2D eigenvalue weighted by molar-refractivity contribution is -0.0653. The molecule has 0 atom stereocenters. The molecule has 0 unspecified atom stereocenters. The summed E-state index contributed by atoms with van der Waals surface area (Å²) in [7, 11) is -3.55. The summed E-state index contributed by atoms with van der Waals surface area (Å²) in [5.74, 6) is 0.278. The Bertz CT molecular complexity index is 521. The number of nitrogens with two attached hydrogens (primary N) is 1. The number of pyridine rings is 1. The largest absolute Gasteiger partial charge is 0.387 e. The minimum atomic E-state index is -3.55. The van der Waals surface area contributed by atoms with E-state index in [1.807, 2.05) is 6.92 Å². The van der Waals surface area contributed by atoms with Gasteiger partial charge in [-0.05, 0) is 18.6 Å². The zero-order chi connectivity index (χ0) is 13.4. The van der Waals surface area contributed by atoms with Gasteiger partial charge in [-0.3, -0.25) is 0 Å². The van der Waals surface area contributed by atoms with Crippen LogP contribution in [0.3, 0.4) is 0 Å². The van der Waals surface area contributed by atoms with Crippen LogP contribution in [-0.2, 0) is 10.0 Å². The number of β-amino-alcohol motifs (C(OH)–C–C–N with tert-alkyl or cyclic N) is 1. The van der Waals surface area contributed by atoms with Crippen molar-refractivity contribution in [3.8, 4) is 0 Å². The van der Waals surface area contributed by atoms with Gasteiger partial charge in [0.1, 0.15) is 10.7 Å². The monoisotopic (exact) mass is 271 g/mol. The van der Waals surface area contributed by atoms with Gasteiger partial charge in [-0.25, -0.2) is 13.4 Å². The molecule has 2 rings (SSSR count). The predicted molar refractivity (Wildman–Crippen MR) is 67.3 cm³/mol. The van der Waals surface area contributed by atoms with E-state index in [2.05, 4.69) is 4.98 Å². The van der Waals surface area contributed by atoms with Crippen molar-refractivity contribution >= 4 is 15.8 Å². The number of aliphatic hydroxyl groups is 1. The van der Waals surface area contributed by atoms with Gasteiger partial charge in [0.2, 0.25) is 10.0 Å². The third kappa shape index (κ3) is 2.33. The molecular weight excluding hydrogens is 254 g/mol. The smallest absolute Gasteiger partial charge is 0.244 e. The average Bonchev–Trinajstić information content (AvgIpc) is 2.26. The van der Waals surface area contributed by atoms with Crippen LogP contribution in [0.1, 0.15) is 19.8 Å². The lowest BCUT2D eigenvalue weighted by Gasteiger charge is -2.45. The molecule has 1 aliphatic rings. The normalized spacial score (nSPS) is 19.4. The second-order valence-corrected chi connectivity index (χ2v) is 6.60. The maximum Gasteiger partial charge on any atom is 0.244 e. The standard InChI is InChI=1S/C11H17N3O3S/c1-2-5-11(15)7-14(8-11)18(16,17)9-3-4-10(12)13-6-9/h3-4,6,15H,2,5,7-8H2,1H3,(H2,12,13). The SMILES string of the molecule is CCCC1(O)CN(S(=O)(=O)c2ccc(N)nc2)C1. The predicted octanol–water partition coefficient (Wildman–Crippen LogP) is 0.199. The molecule has 0 saturated carbocycles. The van der Waals surface area contributed by atoms with Crippen molar-refractivity contribution in [3.05, 3.63) is 18.3 Å². The van der Waals surface area contributed by atoms with Gasteiger partial charge in [0.05, 0.1) is 5.60 Å². The molecule has 1 fully saturated rings. The number of rotatable bonds is 4. The zero-order valence-electron chi connectivity index (χ0n) is 10.2. The van der Waals surface area contributed by atoms with Crippen LogP contribution >= 0.6 is 0 Å². The highest BCUT2D eigenvalue weighted by atomic mass is 32.2. The van der Waals surface area contributed by atoms with Crippen LogP contribution in [-0.4, -0.2) is 41.5 Å². The molecule has 0 amide bonds. The molecule has 0 radical (unpaired) electrons. The molecule has 6 nitrogen and oxygen atoms in total. The zero-order valence-corrected chi connectivity index (χ0v) is 11.0. The van der Waals surface area contributed by atoms with Gasteiger partial charge in [-0.2, -0.15) is 4.31 Å². The number of hydrogen-bond donors (Lipinski definition) is 2. The molecule has 7 heteroatoms. The van der Waals surface area contributed by atoms with Gasteiger partial charge in [-0.15, -0.1) is 0 Å². The van der Waals surface area contributed by atoms with E-state index in [1.54, 1.807) is 0 Å². The fourth-order valence-electron chi connectivity index (χ4n) is 2.10. The maximum atomic E-state index is 12.2. The summed E-state index contributed by atoms with van der Waals surface area (Å²) >= 11 is 0. The van der Waals surface area contributed by atoms with Crippen molar-refractivity contribution in [2.45, 2.75) is 30.3 Å². The molecule has 0 aliphatic carbocycles. The Morgan fingerprint density at radius 2 is 2.17 bits per heavy atom. The number of hydrogen-bond acceptors (Lipinski definition) is 5. The lowest BCUT2D eigenvalue weighted by atomic mass is 9.92. The molecule has 2 heterocycles. The third-order valence-electron chi connectivity index (χ3n) is 3.05. The second-order valence-electron chi connectivity index (χ2n) is 4.67. The summed E-state index contributed by atoms with van der Waals surface area (Å²) in [6.07, 6.45) is 2.68. The Hall–Kier alpha value is -1.18. The number of anilines is 1. The first-order valence-electron chi connectivity index (χ1n) is 5.81. The molecule has 0 spiro atoms. The van der Waals surface area contributed by atoms with E-state index < -0.39 is 15.6 Å². The molecule has 18 heavy (non-hydrogen) atoms. The quantitative estimate of drug-likeness (QED) is 0.815. The van der Waals surface area contributed by atoms with Crippen LogP contribution in [0.25, 0.3) is 0 Å². The molecule has 1 aromatic heterocycles. The Morgan fingerprint density at radius 3 is 2.67 bits per heavy atom. The van der Waals surface area contributed by atoms with Gasteiger partial charge in [0.25, 0.3) is 0 Å². The van der Waals surface area contributed by atoms with Gasteiger partial charge >= 0.3 is 0 Å². The highest BCUT2D eigenvalue weighted by Crippen LogP contribution is 2.31. The molecule has 1 saturated heterocycles. The van der Waals surface area contributed by atoms with E-state index in [-0.39, 0.29) is 23.8 Å². The van der Waals surface area contributed by atoms with Crippen LogP contribution in [0.5, 0.6) is 0 Å². The topological polar surface area (TPSA) is 96.5 Å². The summed E-state index contributed by atoms with van der Waals surface area (Å²) in [6.45, 7) is 2.25. The van der Waals surface area contributed by atoms with Crippen molar-refractivity contribution in [1.29, 1.82) is 0 Å². The van der Waals surface area contributed by atoms with Gasteiger partial charge < -0.3 is 10.8 Å². The summed E-state index contributed by atoms with van der Waals surface area (Å²) in [5, 5.41) is 9.99. The highest BCUT2D eigenvalue weighted by Gasteiger charge is 2.46. The van der Waals surface area contributed by atoms with Gasteiger partial charge in [-0.1, -0.05) is 13.3 Å². The van der Waals surface area contributed by atoms with Crippen LogP contribution in [0.15, 0.2) is 23.2 Å². The Kier molecular flexibility index (Phi) is 3.31. The van der Waals surface area contributed by atoms with Crippen LogP contribution in [0.4, 0.5) is 5.82 Å². The molecule has 0 bridgehead atoms. The Labute approximate surface area is 106 Å². The van der Waals surface area contributed by atoms with Crippen LogP contribution in [0, 0.1) is 0 Å². The summed E-state index contributed by atoms with van der Waals surface area (Å²) in [4.78, 5) is 3.88. The van der Waals surface area contributed by atoms with Crippen molar-refractivity contribution in [3.63, 3.8) is 0 Å². The average molecular weight is 271 g/mol. The summed E-state index contributed by atoms with van der Waals surface area (Å²) in [6, 6.07) is 2.87. The molecule has 1 aromatic rings. The van der Waals surface area contributed by atoms with Crippen LogP contribution < -0.4 is 5.73 Å². The van der Waals surface area contributed by atoms with Crippen molar-refractivity contribution in [1.82, 2.24) is 9.29 Å². The summed E-state index contributed by atoms with van der Waals surface area (Å²) in [5.41, 5.74) is 4.54. The van der Waals surface area contributed by atoms with E-state index in [1.165, 1.54) is 22.6 Å². The second kappa shape index (κ2) is 4.49. The molecule has 100 valence electrons. The number of aromatic nitrogens is 1. The lowest BCUT2D eigenvalue weighted by Crippen LogP contribution is -2.63. The van der Waals surface area contributed by atoms with Crippen molar-refractivity contribution in [2.24, 2.45) is 0 Å². The fourth-order valence-corrected chi connectivity index (χ4v) is 3.64. The summed E-state index contributed by atoms with van der Waals surface area (Å²) < 4.78 is 25.6. The first kappa shape index (κ1) is 13.3. The first-order chi connectivity index (χ1) is 8.37. The van der Waals surface area contributed by atoms with Crippen LogP contribution in [0.2, 0.25) is 0 Å². The van der Waals surface area contributed by atoms with Gasteiger partial charge in [0.15, 0.2) is 0 Å². The van der Waals surface area contributed by atoms with Crippen molar-refractivity contribution < 1.29 is 13.5 Å². The number of sulfonamides is 1.